The van der Waals surface area contributed by atoms with E-state index in [0.717, 1.165) is 17.9 Å². The highest BCUT2D eigenvalue weighted by Gasteiger charge is 2.38. The molecule has 3 N–H and O–H groups in total. The lowest BCUT2D eigenvalue weighted by Gasteiger charge is -2.34. The Morgan fingerprint density at radius 1 is 1.45 bits per heavy atom. The summed E-state index contributed by atoms with van der Waals surface area (Å²) >= 11 is 4.32. The number of nitrogens with two attached hydrogens (primary N) is 1. The van der Waals surface area contributed by atoms with Crippen LogP contribution in [0.15, 0.2) is 6.20 Å². The molecule has 1 aromatic rings. The van der Waals surface area contributed by atoms with Crippen molar-refractivity contribution in [1.29, 1.82) is 0 Å². The van der Waals surface area contributed by atoms with Gasteiger partial charge in [0.25, 0.3) is 0 Å². The number of hydrazine groups is 1. The molecule has 3 nitrogen and oxygen atoms in total. The first kappa shape index (κ1) is 16.4. The molecular formula is C11H16F3N3S3. The zero-order chi connectivity index (χ0) is 14.8. The van der Waals surface area contributed by atoms with Gasteiger partial charge in [-0.25, -0.2) is 4.98 Å². The van der Waals surface area contributed by atoms with Crippen molar-refractivity contribution in [3.8, 4) is 0 Å². The molecule has 0 saturated carbocycles. The Balaban J connectivity index is 2.20. The normalized spacial score (nSPS) is 25.6. The van der Waals surface area contributed by atoms with Crippen LogP contribution in [0.3, 0.4) is 0 Å². The fourth-order valence-electron chi connectivity index (χ4n) is 2.15. The quantitative estimate of drug-likeness (QED) is 0.649. The molecular weight excluding hydrogens is 327 g/mol. The van der Waals surface area contributed by atoms with Crippen LogP contribution in [0.2, 0.25) is 0 Å². The maximum absolute atomic E-state index is 12.6. The molecule has 1 saturated heterocycles. The lowest BCUT2D eigenvalue weighted by Crippen LogP contribution is -2.41. The van der Waals surface area contributed by atoms with Crippen LogP contribution in [-0.4, -0.2) is 27.0 Å². The second-order valence-electron chi connectivity index (χ2n) is 4.36. The summed E-state index contributed by atoms with van der Waals surface area (Å²) in [5.41, 5.74) is 2.69. The van der Waals surface area contributed by atoms with Gasteiger partial charge in [0.2, 0.25) is 0 Å². The van der Waals surface area contributed by atoms with Crippen molar-refractivity contribution >= 4 is 34.9 Å². The number of nitrogens with one attached hydrogen (secondary N) is 1. The smallest absolute Gasteiger partial charge is 0.271 e. The van der Waals surface area contributed by atoms with Crippen molar-refractivity contribution in [1.82, 2.24) is 10.4 Å². The molecule has 0 spiro atoms. The number of thioether (sulfide) groups is 2. The predicted octanol–water partition coefficient (Wildman–Crippen LogP) is 3.29. The molecule has 0 aliphatic carbocycles. The minimum absolute atomic E-state index is 0.172. The Kier molecular flexibility index (Phi) is 5.63. The number of alkyl halides is 3. The molecule has 1 aliphatic heterocycles. The van der Waals surface area contributed by atoms with E-state index in [2.05, 4.69) is 17.3 Å². The Hall–Kier alpha value is 0.0400. The second-order valence-corrected chi connectivity index (χ2v) is 8.06. The van der Waals surface area contributed by atoms with Gasteiger partial charge in [-0.15, -0.1) is 11.3 Å². The lowest BCUT2D eigenvalue weighted by atomic mass is 10.1. The van der Waals surface area contributed by atoms with Crippen LogP contribution < -0.4 is 11.3 Å². The van der Waals surface area contributed by atoms with Gasteiger partial charge in [0, 0.05) is 33.1 Å². The van der Waals surface area contributed by atoms with Gasteiger partial charge in [-0.1, -0.05) is 6.92 Å². The first-order valence-corrected chi connectivity index (χ1v) is 9.11. The average Bonchev–Trinajstić information content (AvgIpc) is 2.90. The van der Waals surface area contributed by atoms with Crippen molar-refractivity contribution in [3.63, 3.8) is 0 Å². The molecule has 2 rings (SSSR count). The molecule has 1 fully saturated rings. The molecule has 1 aliphatic rings. The molecule has 3 atom stereocenters. The summed E-state index contributed by atoms with van der Waals surface area (Å²) in [6.07, 6.45) is -2.11. The largest absolute Gasteiger partial charge is 0.443 e. The Labute approximate surface area is 128 Å². The molecule has 2 heterocycles. The van der Waals surface area contributed by atoms with E-state index in [4.69, 9.17) is 5.84 Å². The van der Waals surface area contributed by atoms with Gasteiger partial charge >= 0.3 is 6.18 Å². The lowest BCUT2D eigenvalue weighted by molar-refractivity contribution is -0.137. The first-order chi connectivity index (χ1) is 9.47. The van der Waals surface area contributed by atoms with Gasteiger partial charge in [0.15, 0.2) is 5.01 Å². The molecule has 3 unspecified atom stereocenters. The third-order valence-corrected chi connectivity index (χ3v) is 7.55. The Morgan fingerprint density at radius 2 is 2.15 bits per heavy atom. The molecule has 0 radical (unpaired) electrons. The van der Waals surface area contributed by atoms with Crippen LogP contribution in [0.1, 0.15) is 29.3 Å². The highest BCUT2D eigenvalue weighted by Crippen LogP contribution is 2.42. The number of nitrogens with zero attached hydrogens (tertiary/aromatic N) is 1. The molecule has 0 aromatic carbocycles. The fraction of sp³-hybridized carbons (Fsp3) is 0.727. The molecule has 114 valence electrons. The predicted molar refractivity (Wildman–Crippen MR) is 80.0 cm³/mol. The minimum Gasteiger partial charge on any atom is -0.271 e. The first-order valence-electron chi connectivity index (χ1n) is 6.19. The fourth-order valence-corrected chi connectivity index (χ4v) is 6.35. The van der Waals surface area contributed by atoms with E-state index in [9.17, 15) is 13.2 Å². The third kappa shape index (κ3) is 3.62. The van der Waals surface area contributed by atoms with Crippen LogP contribution in [0, 0.1) is 0 Å². The average molecular weight is 343 g/mol. The number of thiazole rings is 1. The van der Waals surface area contributed by atoms with Crippen LogP contribution in [-0.2, 0) is 6.18 Å². The van der Waals surface area contributed by atoms with E-state index in [-0.39, 0.29) is 11.3 Å². The van der Waals surface area contributed by atoms with Gasteiger partial charge < -0.3 is 0 Å². The van der Waals surface area contributed by atoms with E-state index in [1.807, 2.05) is 11.8 Å². The molecule has 0 amide bonds. The number of aromatic nitrogens is 1. The maximum atomic E-state index is 12.6. The summed E-state index contributed by atoms with van der Waals surface area (Å²) in [6, 6.07) is -0.286. The van der Waals surface area contributed by atoms with Crippen molar-refractivity contribution in [2.24, 2.45) is 5.84 Å². The summed E-state index contributed by atoms with van der Waals surface area (Å²) in [7, 11) is 0. The number of halogens is 3. The van der Waals surface area contributed by atoms with Gasteiger partial charge in [0.1, 0.15) is 0 Å². The number of hydrogen-bond donors (Lipinski definition) is 2. The van der Waals surface area contributed by atoms with Gasteiger partial charge in [-0.05, 0) is 6.42 Å². The molecule has 9 heteroatoms. The highest BCUT2D eigenvalue weighted by molar-refractivity contribution is 8.07. The topological polar surface area (TPSA) is 50.9 Å². The van der Waals surface area contributed by atoms with E-state index < -0.39 is 11.2 Å². The standard InChI is InChI=1S/C11H16F3N3S3/c1-2-6-9(19-4-3-18-6)8(17-15)7-5-16-10(20-7)11(12,13)14/h5-6,8-9,17H,2-4,15H2,1H3. The van der Waals surface area contributed by atoms with Crippen LogP contribution >= 0.6 is 34.9 Å². The van der Waals surface area contributed by atoms with Gasteiger partial charge in [-0.2, -0.15) is 36.7 Å². The SMILES string of the molecule is CCC1SCCSC1C(NN)c1cnc(C(F)(F)F)s1. The molecule has 0 bridgehead atoms. The third-order valence-electron chi connectivity index (χ3n) is 3.08. The summed E-state index contributed by atoms with van der Waals surface area (Å²) in [4.78, 5) is 4.04. The van der Waals surface area contributed by atoms with Crippen molar-refractivity contribution in [3.05, 3.63) is 16.1 Å². The van der Waals surface area contributed by atoms with Crippen molar-refractivity contribution in [2.75, 3.05) is 11.5 Å². The van der Waals surface area contributed by atoms with E-state index in [1.165, 1.54) is 6.20 Å². The van der Waals surface area contributed by atoms with E-state index in [0.29, 0.717) is 21.5 Å². The van der Waals surface area contributed by atoms with Crippen LogP contribution in [0.5, 0.6) is 0 Å². The van der Waals surface area contributed by atoms with E-state index >= 15 is 0 Å². The Morgan fingerprint density at radius 3 is 2.70 bits per heavy atom. The van der Waals surface area contributed by atoms with Gasteiger partial charge in [-0.3, -0.25) is 11.3 Å². The monoisotopic (exact) mass is 343 g/mol. The van der Waals surface area contributed by atoms with Crippen LogP contribution in [0.4, 0.5) is 13.2 Å². The molecule has 1 aromatic heterocycles. The van der Waals surface area contributed by atoms with E-state index in [1.54, 1.807) is 11.8 Å². The summed E-state index contributed by atoms with van der Waals surface area (Å²) < 4.78 is 37.9. The minimum atomic E-state index is -4.39. The second kappa shape index (κ2) is 6.87. The van der Waals surface area contributed by atoms with Crippen molar-refractivity contribution < 1.29 is 13.2 Å². The summed E-state index contributed by atoms with van der Waals surface area (Å²) in [5, 5.41) is -0.245. The maximum Gasteiger partial charge on any atom is 0.443 e. The Bertz CT molecular complexity index is 438. The summed E-state index contributed by atoms with van der Waals surface area (Å²) in [5.74, 6) is 7.67. The molecule has 20 heavy (non-hydrogen) atoms. The highest BCUT2D eigenvalue weighted by atomic mass is 32.2. The van der Waals surface area contributed by atoms with Crippen molar-refractivity contribution in [2.45, 2.75) is 36.1 Å². The number of hydrogen-bond acceptors (Lipinski definition) is 6. The van der Waals surface area contributed by atoms with Gasteiger partial charge in [0.05, 0.1) is 6.04 Å². The zero-order valence-corrected chi connectivity index (χ0v) is 13.3. The number of rotatable bonds is 4. The zero-order valence-electron chi connectivity index (χ0n) is 10.8. The summed E-state index contributed by atoms with van der Waals surface area (Å²) in [6.45, 7) is 2.10. The van der Waals surface area contributed by atoms with Crippen LogP contribution in [0.25, 0.3) is 0 Å².